The smallest absolute Gasteiger partial charge is 0.408 e. The van der Waals surface area contributed by atoms with Gasteiger partial charge >= 0.3 is 6.09 Å². The summed E-state index contributed by atoms with van der Waals surface area (Å²) in [5, 5.41) is 6.97. The molecule has 2 aromatic carbocycles. The van der Waals surface area contributed by atoms with Gasteiger partial charge in [0.05, 0.1) is 6.54 Å². The summed E-state index contributed by atoms with van der Waals surface area (Å²) in [5.41, 5.74) is 2.56. The van der Waals surface area contributed by atoms with Crippen LogP contribution in [0, 0.1) is 0 Å². The number of aromatic nitrogens is 2. The van der Waals surface area contributed by atoms with E-state index < -0.39 is 17.2 Å². The molecule has 1 unspecified atom stereocenters. The fourth-order valence-corrected chi connectivity index (χ4v) is 4.15. The number of fused-ring (bicyclic) bond motifs is 1. The third-order valence-corrected chi connectivity index (χ3v) is 5.67. The first-order valence-corrected chi connectivity index (χ1v) is 11.3. The van der Waals surface area contributed by atoms with Crippen molar-refractivity contribution in [2.24, 2.45) is 0 Å². The molecule has 1 amide bonds. The topological polar surface area (TPSA) is 80.5 Å². The van der Waals surface area contributed by atoms with Gasteiger partial charge in [0.1, 0.15) is 11.1 Å². The molecule has 3 aromatic rings. The average molecular weight is 449 g/mol. The minimum atomic E-state index is -0.828. The molecule has 0 fully saturated rings. The van der Waals surface area contributed by atoms with Crippen LogP contribution >= 0.6 is 0 Å². The zero-order valence-corrected chi connectivity index (χ0v) is 20.0. The highest BCUT2D eigenvalue weighted by Gasteiger charge is 2.32. The minimum Gasteiger partial charge on any atom is -0.444 e. The van der Waals surface area contributed by atoms with Gasteiger partial charge in [-0.05, 0) is 51.3 Å². The van der Waals surface area contributed by atoms with Gasteiger partial charge in [-0.2, -0.15) is 4.98 Å². The van der Waals surface area contributed by atoms with Crippen molar-refractivity contribution in [1.82, 2.24) is 20.4 Å². The van der Waals surface area contributed by atoms with E-state index in [0.29, 0.717) is 18.3 Å². The second kappa shape index (κ2) is 8.98. The van der Waals surface area contributed by atoms with Crippen LogP contribution in [0.3, 0.4) is 0 Å². The fourth-order valence-electron chi connectivity index (χ4n) is 4.15. The molecule has 1 aromatic heterocycles. The van der Waals surface area contributed by atoms with Crippen molar-refractivity contribution in [2.75, 3.05) is 6.54 Å². The first-order chi connectivity index (χ1) is 15.6. The minimum absolute atomic E-state index is 0.281. The summed E-state index contributed by atoms with van der Waals surface area (Å²) in [6.07, 6.45) is -0.516. The number of benzene rings is 2. The summed E-state index contributed by atoms with van der Waals surface area (Å²) in [6.45, 7) is 11.3. The predicted molar refractivity (Wildman–Crippen MR) is 126 cm³/mol. The lowest BCUT2D eigenvalue weighted by Gasteiger charge is -2.34. The van der Waals surface area contributed by atoms with E-state index in [0.717, 1.165) is 13.1 Å². The Hall–Kier alpha value is -3.19. The molecule has 7 heteroatoms. The van der Waals surface area contributed by atoms with Crippen molar-refractivity contribution < 1.29 is 14.1 Å². The Bertz CT molecular complexity index is 1100. The lowest BCUT2D eigenvalue weighted by molar-refractivity contribution is 0.0465. The molecule has 0 aliphatic carbocycles. The summed E-state index contributed by atoms with van der Waals surface area (Å²) in [5.74, 6) is 1.22. The summed E-state index contributed by atoms with van der Waals surface area (Å²) in [4.78, 5) is 19.1. The van der Waals surface area contributed by atoms with Crippen molar-refractivity contribution in [2.45, 2.75) is 64.8 Å². The maximum absolute atomic E-state index is 12.2. The number of hydrogen-bond donors (Lipinski definition) is 1. The van der Waals surface area contributed by atoms with E-state index in [-0.39, 0.29) is 5.92 Å². The highest BCUT2D eigenvalue weighted by molar-refractivity contribution is 5.68. The van der Waals surface area contributed by atoms with Gasteiger partial charge in [-0.25, -0.2) is 4.79 Å². The standard InChI is InChI=1S/C26H32N4O3/c1-25(2,3)32-24(31)28-26(4,5)23-27-22(33-29-23)17-30-15-19-13-9-10-14-20(19)21(16-30)18-11-7-6-8-12-18/h6-14,21H,15-17H2,1-5H3,(H,28,31). The second-order valence-corrected chi connectivity index (χ2v) is 10.1. The fraction of sp³-hybridized carbons (Fsp3) is 0.423. The number of nitrogens with one attached hydrogen (secondary N) is 1. The van der Waals surface area contributed by atoms with E-state index in [4.69, 9.17) is 9.26 Å². The van der Waals surface area contributed by atoms with E-state index in [1.54, 1.807) is 0 Å². The number of amides is 1. The molecule has 1 aliphatic rings. The maximum Gasteiger partial charge on any atom is 0.408 e. The number of rotatable bonds is 5. The van der Waals surface area contributed by atoms with Crippen molar-refractivity contribution in [3.63, 3.8) is 0 Å². The van der Waals surface area contributed by atoms with Crippen molar-refractivity contribution in [1.29, 1.82) is 0 Å². The SMILES string of the molecule is CC(C)(C)OC(=O)NC(C)(C)c1noc(CN2Cc3ccccc3C(c3ccccc3)C2)n1. The van der Waals surface area contributed by atoms with Gasteiger partial charge in [0.15, 0.2) is 5.82 Å². The molecule has 1 aliphatic heterocycles. The zero-order valence-electron chi connectivity index (χ0n) is 20.0. The van der Waals surface area contributed by atoms with Crippen LogP contribution in [-0.2, 0) is 23.4 Å². The summed E-state index contributed by atoms with van der Waals surface area (Å²) >= 11 is 0. The van der Waals surface area contributed by atoms with Gasteiger partial charge < -0.3 is 14.6 Å². The highest BCUT2D eigenvalue weighted by Crippen LogP contribution is 2.34. The Kier molecular flexibility index (Phi) is 6.26. The van der Waals surface area contributed by atoms with Crippen LogP contribution in [-0.4, -0.2) is 33.3 Å². The van der Waals surface area contributed by atoms with E-state index in [1.165, 1.54) is 16.7 Å². The first-order valence-electron chi connectivity index (χ1n) is 11.3. The molecular weight excluding hydrogens is 416 g/mol. The van der Waals surface area contributed by atoms with E-state index >= 15 is 0 Å². The van der Waals surface area contributed by atoms with Crippen LogP contribution in [0.15, 0.2) is 59.1 Å². The highest BCUT2D eigenvalue weighted by atomic mass is 16.6. The monoisotopic (exact) mass is 448 g/mol. The van der Waals surface area contributed by atoms with Gasteiger partial charge in [0.25, 0.3) is 0 Å². The van der Waals surface area contributed by atoms with Crippen LogP contribution in [0.1, 0.15) is 68.9 Å². The molecule has 1 atom stereocenters. The lowest BCUT2D eigenvalue weighted by atomic mass is 9.85. The molecule has 0 saturated heterocycles. The largest absolute Gasteiger partial charge is 0.444 e. The Balaban J connectivity index is 1.48. The van der Waals surface area contributed by atoms with E-state index in [1.807, 2.05) is 40.7 Å². The quantitative estimate of drug-likeness (QED) is 0.593. The predicted octanol–water partition coefficient (Wildman–Crippen LogP) is 4.98. The number of carbonyl (C=O) groups is 1. The van der Waals surface area contributed by atoms with Crippen LogP contribution in [0.25, 0.3) is 0 Å². The van der Waals surface area contributed by atoms with Crippen LogP contribution in [0.4, 0.5) is 4.79 Å². The second-order valence-electron chi connectivity index (χ2n) is 10.1. The van der Waals surface area contributed by atoms with Gasteiger partial charge in [0, 0.05) is 19.0 Å². The third kappa shape index (κ3) is 5.60. The van der Waals surface area contributed by atoms with Gasteiger partial charge in [-0.1, -0.05) is 59.8 Å². The molecule has 4 rings (SSSR count). The summed E-state index contributed by atoms with van der Waals surface area (Å²) < 4.78 is 10.9. The van der Waals surface area contributed by atoms with Crippen LogP contribution in [0.5, 0.6) is 0 Å². The van der Waals surface area contributed by atoms with Crippen molar-refractivity contribution >= 4 is 6.09 Å². The molecule has 0 radical (unpaired) electrons. The Morgan fingerprint density at radius 2 is 1.79 bits per heavy atom. The average Bonchev–Trinajstić information content (AvgIpc) is 3.21. The Labute approximate surface area is 195 Å². The first kappa shape index (κ1) is 23.0. The van der Waals surface area contributed by atoms with Gasteiger partial charge in [0.2, 0.25) is 5.89 Å². The van der Waals surface area contributed by atoms with Crippen LogP contribution < -0.4 is 5.32 Å². The molecule has 0 spiro atoms. The zero-order chi connectivity index (χ0) is 23.6. The molecule has 1 N–H and O–H groups in total. The molecule has 0 saturated carbocycles. The molecular formula is C26H32N4O3. The third-order valence-electron chi connectivity index (χ3n) is 5.67. The molecule has 2 heterocycles. The molecule has 0 bridgehead atoms. The van der Waals surface area contributed by atoms with E-state index in [2.05, 4.69) is 68.9 Å². The summed E-state index contributed by atoms with van der Waals surface area (Å²) in [7, 11) is 0. The summed E-state index contributed by atoms with van der Waals surface area (Å²) in [6, 6.07) is 19.2. The number of alkyl carbamates (subject to hydrolysis) is 1. The number of hydrogen-bond acceptors (Lipinski definition) is 6. The lowest BCUT2D eigenvalue weighted by Crippen LogP contribution is -2.44. The van der Waals surface area contributed by atoms with Gasteiger partial charge in [-0.3, -0.25) is 4.90 Å². The molecule has 7 nitrogen and oxygen atoms in total. The number of nitrogens with zero attached hydrogens (tertiary/aromatic N) is 3. The molecule has 33 heavy (non-hydrogen) atoms. The number of carbonyl (C=O) groups excluding carboxylic acids is 1. The van der Waals surface area contributed by atoms with E-state index in [9.17, 15) is 4.79 Å². The Morgan fingerprint density at radius 1 is 1.09 bits per heavy atom. The van der Waals surface area contributed by atoms with Crippen molar-refractivity contribution in [3.05, 3.63) is 83.0 Å². The van der Waals surface area contributed by atoms with Gasteiger partial charge in [-0.15, -0.1) is 0 Å². The maximum atomic E-state index is 12.2. The normalized spacial score (nSPS) is 16.8. The van der Waals surface area contributed by atoms with Crippen molar-refractivity contribution in [3.8, 4) is 0 Å². The Morgan fingerprint density at radius 3 is 2.52 bits per heavy atom. The molecule has 174 valence electrons. The van der Waals surface area contributed by atoms with Crippen LogP contribution in [0.2, 0.25) is 0 Å². The number of ether oxygens (including phenoxy) is 1.